The lowest BCUT2D eigenvalue weighted by Crippen LogP contribution is -2.29. The highest BCUT2D eigenvalue weighted by molar-refractivity contribution is 7.47. The van der Waals surface area contributed by atoms with Gasteiger partial charge in [-0.3, -0.25) is 13.8 Å². The summed E-state index contributed by atoms with van der Waals surface area (Å²) in [6.45, 7) is 3.18. The second-order valence-corrected chi connectivity index (χ2v) is 15.8. The number of esters is 1. The molecule has 10 heteroatoms. The van der Waals surface area contributed by atoms with E-state index < -0.39 is 45.8 Å². The zero-order chi connectivity index (χ0) is 40.3. The standard InChI is InChI=1S/C45H81O9P/c1-3-5-7-9-11-13-15-17-19-21-22-23-25-27-29-31-33-35-37-45(48)54-44(42-53-55(49,50)52-40-43(47)39-46)41-51-38-36-34-32-30-28-26-24-20-18-16-14-12-10-8-6-4-2/h6,8,12,14,18,20,26,28,32,34,43-44,46-47H,3-5,7,9-11,13,15-17,19,21-25,27,29-31,33,35-42H2,1-2H3,(H,49,50)/b8-6-,14-12-,20-18-,28-26-,34-32-. The molecule has 0 saturated carbocycles. The normalized spacial score (nSPS) is 14.6. The van der Waals surface area contributed by atoms with E-state index in [9.17, 15) is 19.4 Å². The number of unbranched alkanes of at least 4 members (excludes halogenated alkanes) is 17. The summed E-state index contributed by atoms with van der Waals surface area (Å²) in [4.78, 5) is 22.6. The highest BCUT2D eigenvalue weighted by Gasteiger charge is 2.26. The van der Waals surface area contributed by atoms with Gasteiger partial charge in [0.1, 0.15) is 12.2 Å². The summed E-state index contributed by atoms with van der Waals surface area (Å²) in [6.07, 6.45) is 47.8. The predicted octanol–water partition coefficient (Wildman–Crippen LogP) is 12.0. The molecule has 0 aliphatic rings. The maximum atomic E-state index is 12.6. The van der Waals surface area contributed by atoms with Crippen molar-refractivity contribution in [2.75, 3.05) is 33.0 Å². The van der Waals surface area contributed by atoms with Gasteiger partial charge < -0.3 is 24.6 Å². The van der Waals surface area contributed by atoms with E-state index in [-0.39, 0.29) is 13.0 Å². The Labute approximate surface area is 336 Å². The van der Waals surface area contributed by atoms with E-state index in [1.807, 2.05) is 6.08 Å². The molecule has 0 saturated heterocycles. The molecule has 0 amide bonds. The van der Waals surface area contributed by atoms with E-state index in [1.54, 1.807) is 0 Å². The molecule has 3 unspecified atom stereocenters. The highest BCUT2D eigenvalue weighted by atomic mass is 31.2. The minimum Gasteiger partial charge on any atom is -0.457 e. The zero-order valence-electron chi connectivity index (χ0n) is 34.9. The van der Waals surface area contributed by atoms with Crippen molar-refractivity contribution >= 4 is 13.8 Å². The number of ether oxygens (including phenoxy) is 2. The summed E-state index contributed by atoms with van der Waals surface area (Å²) in [5.74, 6) is -0.407. The molecule has 3 atom stereocenters. The van der Waals surface area contributed by atoms with Crippen LogP contribution in [-0.2, 0) is 27.9 Å². The number of phosphoric ester groups is 1. The topological polar surface area (TPSA) is 132 Å². The van der Waals surface area contributed by atoms with Crippen LogP contribution in [0.15, 0.2) is 60.8 Å². The van der Waals surface area contributed by atoms with Crippen molar-refractivity contribution < 1.29 is 43.0 Å². The summed E-state index contributed by atoms with van der Waals surface area (Å²) in [7, 11) is -4.54. The Morgan fingerprint density at radius 1 is 0.582 bits per heavy atom. The number of carbonyl (C=O) groups is 1. The molecule has 0 radical (unpaired) electrons. The number of phosphoric acid groups is 1. The molecule has 55 heavy (non-hydrogen) atoms. The minimum atomic E-state index is -4.54. The molecular formula is C45H81O9P. The molecule has 320 valence electrons. The third kappa shape index (κ3) is 41.6. The molecule has 0 fully saturated rings. The number of hydrogen-bond acceptors (Lipinski definition) is 8. The lowest BCUT2D eigenvalue weighted by molar-refractivity contribution is -0.154. The first-order valence-electron chi connectivity index (χ1n) is 21.8. The first-order chi connectivity index (χ1) is 26.8. The maximum Gasteiger partial charge on any atom is 0.472 e. The molecule has 0 aromatic heterocycles. The van der Waals surface area contributed by atoms with Crippen molar-refractivity contribution in [2.24, 2.45) is 0 Å². The van der Waals surface area contributed by atoms with Crippen molar-refractivity contribution in [3.8, 4) is 0 Å². The SMILES string of the molecule is CC/C=C\C/C=C\C/C=C\C/C=C\C/C=C\CCOCC(COP(=O)(O)OCC(O)CO)OC(=O)CCCCCCCCCCCCCCCCCCCC. The second kappa shape index (κ2) is 41.8. The van der Waals surface area contributed by atoms with Gasteiger partial charge in [0.25, 0.3) is 0 Å². The molecule has 9 nitrogen and oxygen atoms in total. The Hall–Kier alpha value is -1.84. The number of allylic oxidation sites excluding steroid dienone is 9. The molecule has 3 N–H and O–H groups in total. The molecule has 0 aliphatic heterocycles. The fraction of sp³-hybridized carbons (Fsp3) is 0.756. The summed E-state index contributed by atoms with van der Waals surface area (Å²) in [5, 5.41) is 18.3. The maximum absolute atomic E-state index is 12.6. The largest absolute Gasteiger partial charge is 0.472 e. The molecule has 0 bridgehead atoms. The first kappa shape index (κ1) is 53.2. The monoisotopic (exact) mass is 797 g/mol. The first-order valence-corrected chi connectivity index (χ1v) is 23.3. The average Bonchev–Trinajstić information content (AvgIpc) is 3.18. The van der Waals surface area contributed by atoms with Crippen LogP contribution < -0.4 is 0 Å². The van der Waals surface area contributed by atoms with Gasteiger partial charge in [-0.2, -0.15) is 0 Å². The third-order valence-electron chi connectivity index (χ3n) is 8.99. The van der Waals surface area contributed by atoms with E-state index in [1.165, 1.54) is 96.3 Å². The van der Waals surface area contributed by atoms with Crippen LogP contribution in [0.1, 0.15) is 174 Å². The number of hydrogen-bond donors (Lipinski definition) is 3. The number of rotatable bonds is 41. The minimum absolute atomic E-state index is 0.00512. The van der Waals surface area contributed by atoms with Gasteiger partial charge in [0.2, 0.25) is 0 Å². The Morgan fingerprint density at radius 3 is 1.45 bits per heavy atom. The number of aliphatic hydroxyl groups excluding tert-OH is 2. The Bertz CT molecular complexity index is 1040. The highest BCUT2D eigenvalue weighted by Crippen LogP contribution is 2.43. The van der Waals surface area contributed by atoms with Gasteiger partial charge in [0.15, 0.2) is 0 Å². The van der Waals surface area contributed by atoms with E-state index >= 15 is 0 Å². The van der Waals surface area contributed by atoms with Crippen LogP contribution in [0.25, 0.3) is 0 Å². The Balaban J connectivity index is 4.26. The van der Waals surface area contributed by atoms with Crippen LogP contribution in [0.2, 0.25) is 0 Å². The van der Waals surface area contributed by atoms with E-state index in [2.05, 4.69) is 68.5 Å². The van der Waals surface area contributed by atoms with Crippen molar-refractivity contribution in [3.63, 3.8) is 0 Å². The summed E-state index contributed by atoms with van der Waals surface area (Å²) in [6, 6.07) is 0. The quantitative estimate of drug-likeness (QED) is 0.0239. The fourth-order valence-electron chi connectivity index (χ4n) is 5.71. The summed E-state index contributed by atoms with van der Waals surface area (Å²) in [5.41, 5.74) is 0. The van der Waals surface area contributed by atoms with Crippen LogP contribution >= 0.6 is 7.82 Å². The lowest BCUT2D eigenvalue weighted by Gasteiger charge is -2.20. The van der Waals surface area contributed by atoms with Crippen LogP contribution in [0, 0.1) is 0 Å². The summed E-state index contributed by atoms with van der Waals surface area (Å²) >= 11 is 0. The molecule has 0 spiro atoms. The molecular weight excluding hydrogens is 715 g/mol. The van der Waals surface area contributed by atoms with Crippen LogP contribution in [0.5, 0.6) is 0 Å². The lowest BCUT2D eigenvalue weighted by atomic mass is 10.0. The van der Waals surface area contributed by atoms with Gasteiger partial charge in [0, 0.05) is 6.42 Å². The average molecular weight is 797 g/mol. The molecule has 0 aromatic rings. The van der Waals surface area contributed by atoms with Gasteiger partial charge in [-0.15, -0.1) is 0 Å². The Kier molecular flexibility index (Phi) is 40.4. The molecule has 0 heterocycles. The third-order valence-corrected chi connectivity index (χ3v) is 9.94. The van der Waals surface area contributed by atoms with Gasteiger partial charge in [-0.1, -0.05) is 184 Å². The van der Waals surface area contributed by atoms with E-state index in [0.29, 0.717) is 13.0 Å². The van der Waals surface area contributed by atoms with Crippen LogP contribution in [0.4, 0.5) is 0 Å². The predicted molar refractivity (Wildman–Crippen MR) is 228 cm³/mol. The van der Waals surface area contributed by atoms with Crippen LogP contribution in [-0.4, -0.2) is 66.3 Å². The van der Waals surface area contributed by atoms with E-state index in [4.69, 9.17) is 23.6 Å². The molecule has 0 aromatic carbocycles. The number of aliphatic hydroxyl groups is 2. The fourth-order valence-corrected chi connectivity index (χ4v) is 6.50. The van der Waals surface area contributed by atoms with Crippen molar-refractivity contribution in [2.45, 2.75) is 187 Å². The van der Waals surface area contributed by atoms with Crippen molar-refractivity contribution in [1.29, 1.82) is 0 Å². The van der Waals surface area contributed by atoms with Crippen LogP contribution in [0.3, 0.4) is 0 Å². The van der Waals surface area contributed by atoms with Gasteiger partial charge in [0.05, 0.1) is 33.0 Å². The Morgan fingerprint density at radius 2 is 1.00 bits per heavy atom. The zero-order valence-corrected chi connectivity index (χ0v) is 35.8. The summed E-state index contributed by atoms with van der Waals surface area (Å²) < 4.78 is 33.2. The van der Waals surface area contributed by atoms with Crippen molar-refractivity contribution in [3.05, 3.63) is 60.8 Å². The number of carbonyl (C=O) groups excluding carboxylic acids is 1. The molecule has 0 rings (SSSR count). The van der Waals surface area contributed by atoms with Crippen molar-refractivity contribution in [1.82, 2.24) is 0 Å². The van der Waals surface area contributed by atoms with E-state index in [0.717, 1.165) is 51.4 Å². The molecule has 0 aliphatic carbocycles. The smallest absolute Gasteiger partial charge is 0.457 e. The van der Waals surface area contributed by atoms with Gasteiger partial charge in [-0.05, 0) is 44.9 Å². The van der Waals surface area contributed by atoms with Gasteiger partial charge >= 0.3 is 13.8 Å². The second-order valence-electron chi connectivity index (χ2n) is 14.3. The van der Waals surface area contributed by atoms with Gasteiger partial charge in [-0.25, -0.2) is 4.57 Å².